The molecule has 1 radical (unpaired) electrons. The lowest BCUT2D eigenvalue weighted by Gasteiger charge is -2.07. The molecule has 0 aliphatic carbocycles. The van der Waals surface area contributed by atoms with Crippen LogP contribution in [0.5, 0.6) is 5.75 Å². The van der Waals surface area contributed by atoms with Gasteiger partial charge in [0.25, 0.3) is 0 Å². The molecule has 0 bridgehead atoms. The Kier molecular flexibility index (Phi) is 8.47. The third-order valence-corrected chi connectivity index (χ3v) is 2.22. The molecule has 0 aliphatic heterocycles. The summed E-state index contributed by atoms with van der Waals surface area (Å²) in [5, 5.41) is 0. The Balaban J connectivity index is 1.89. The van der Waals surface area contributed by atoms with Gasteiger partial charge in [-0.3, -0.25) is 0 Å². The molecular formula is C12H16IO3. The molecule has 0 N–H and O–H groups in total. The minimum atomic E-state index is 0.566. The third kappa shape index (κ3) is 7.03. The van der Waals surface area contributed by atoms with Crippen LogP contribution in [0.15, 0.2) is 24.3 Å². The van der Waals surface area contributed by atoms with Crippen molar-refractivity contribution in [3.05, 3.63) is 30.3 Å². The van der Waals surface area contributed by atoms with Gasteiger partial charge in [-0.1, -0.05) is 34.7 Å². The fraction of sp³-hybridized carbons (Fsp3) is 0.500. The van der Waals surface area contributed by atoms with Crippen molar-refractivity contribution >= 4 is 22.6 Å². The lowest BCUT2D eigenvalue weighted by molar-refractivity contribution is 0.0417. The minimum Gasteiger partial charge on any atom is -0.491 e. The summed E-state index contributed by atoms with van der Waals surface area (Å²) in [6.07, 6.45) is 0. The molecule has 0 fully saturated rings. The predicted octanol–water partition coefficient (Wildman–Crippen LogP) is 2.33. The van der Waals surface area contributed by atoms with Gasteiger partial charge in [-0.15, -0.1) is 0 Å². The van der Waals surface area contributed by atoms with Gasteiger partial charge in [0.1, 0.15) is 12.4 Å². The first-order valence-corrected chi connectivity index (χ1v) is 6.76. The zero-order chi connectivity index (χ0) is 11.5. The van der Waals surface area contributed by atoms with Crippen LogP contribution in [0.4, 0.5) is 0 Å². The van der Waals surface area contributed by atoms with Gasteiger partial charge in [0.2, 0.25) is 0 Å². The highest BCUT2D eigenvalue weighted by atomic mass is 127. The monoisotopic (exact) mass is 335 g/mol. The second-order valence-corrected chi connectivity index (χ2v) is 4.08. The molecule has 0 unspecified atom stereocenters. The summed E-state index contributed by atoms with van der Waals surface area (Å²) in [7, 11) is 0. The Morgan fingerprint density at radius 3 is 2.25 bits per heavy atom. The zero-order valence-electron chi connectivity index (χ0n) is 9.15. The molecular weight excluding hydrogens is 319 g/mol. The summed E-state index contributed by atoms with van der Waals surface area (Å²) in [4.78, 5) is 0. The number of alkyl halides is 1. The van der Waals surface area contributed by atoms with E-state index in [9.17, 15) is 0 Å². The molecule has 0 spiro atoms. The number of rotatable bonds is 9. The van der Waals surface area contributed by atoms with Crippen molar-refractivity contribution < 1.29 is 14.2 Å². The molecule has 4 heteroatoms. The molecule has 0 atom stereocenters. The van der Waals surface area contributed by atoms with Gasteiger partial charge in [0.15, 0.2) is 0 Å². The largest absolute Gasteiger partial charge is 0.491 e. The molecule has 0 aromatic heterocycles. The van der Waals surface area contributed by atoms with Gasteiger partial charge in [0.05, 0.1) is 26.4 Å². The molecule has 1 rings (SSSR count). The van der Waals surface area contributed by atoms with E-state index >= 15 is 0 Å². The van der Waals surface area contributed by atoms with Crippen LogP contribution in [-0.2, 0) is 9.47 Å². The Bertz CT molecular complexity index is 254. The van der Waals surface area contributed by atoms with Gasteiger partial charge in [-0.2, -0.15) is 0 Å². The van der Waals surface area contributed by atoms with Crippen LogP contribution in [0.2, 0.25) is 0 Å². The second-order valence-electron chi connectivity index (χ2n) is 3.00. The van der Waals surface area contributed by atoms with Gasteiger partial charge < -0.3 is 14.2 Å². The number of halogens is 1. The Hall–Kier alpha value is -0.330. The predicted molar refractivity (Wildman–Crippen MR) is 71.3 cm³/mol. The van der Waals surface area contributed by atoms with Crippen LogP contribution in [-0.4, -0.2) is 37.5 Å². The second kappa shape index (κ2) is 9.86. The van der Waals surface area contributed by atoms with Gasteiger partial charge in [-0.25, -0.2) is 0 Å². The first-order chi connectivity index (χ1) is 7.93. The Morgan fingerprint density at radius 2 is 1.56 bits per heavy atom. The number of ether oxygens (including phenoxy) is 3. The highest BCUT2D eigenvalue weighted by Crippen LogP contribution is 2.07. The maximum absolute atomic E-state index is 5.45. The van der Waals surface area contributed by atoms with E-state index < -0.39 is 0 Å². The summed E-state index contributed by atoms with van der Waals surface area (Å²) in [6.45, 7) is 3.23. The SMILES string of the molecule is ICCOCCOCCOc1cc[c]cc1. The molecule has 89 valence electrons. The highest BCUT2D eigenvalue weighted by molar-refractivity contribution is 14.1. The minimum absolute atomic E-state index is 0.566. The lowest BCUT2D eigenvalue weighted by atomic mass is 10.3. The molecule has 0 amide bonds. The van der Waals surface area contributed by atoms with Crippen molar-refractivity contribution in [2.75, 3.05) is 37.5 Å². The summed E-state index contributed by atoms with van der Waals surface area (Å²) in [5.41, 5.74) is 0. The van der Waals surface area contributed by atoms with Crippen LogP contribution >= 0.6 is 22.6 Å². The van der Waals surface area contributed by atoms with Crippen molar-refractivity contribution in [2.24, 2.45) is 0 Å². The van der Waals surface area contributed by atoms with Gasteiger partial charge in [0, 0.05) is 4.43 Å². The maximum Gasteiger partial charge on any atom is 0.119 e. The first kappa shape index (κ1) is 13.7. The molecule has 3 nitrogen and oxygen atoms in total. The van der Waals surface area contributed by atoms with Crippen molar-refractivity contribution in [1.82, 2.24) is 0 Å². The van der Waals surface area contributed by atoms with E-state index in [0.717, 1.165) is 16.8 Å². The normalized spacial score (nSPS) is 10.3. The van der Waals surface area contributed by atoms with E-state index in [4.69, 9.17) is 14.2 Å². The van der Waals surface area contributed by atoms with Gasteiger partial charge >= 0.3 is 0 Å². The highest BCUT2D eigenvalue weighted by Gasteiger charge is 1.92. The maximum atomic E-state index is 5.45. The summed E-state index contributed by atoms with van der Waals surface area (Å²) in [6, 6.07) is 10.3. The Labute approximate surface area is 110 Å². The first-order valence-electron chi connectivity index (χ1n) is 5.24. The average Bonchev–Trinajstić information content (AvgIpc) is 2.34. The molecule has 1 aromatic rings. The summed E-state index contributed by atoms with van der Waals surface area (Å²) in [5.74, 6) is 0.850. The van der Waals surface area contributed by atoms with E-state index in [-0.39, 0.29) is 0 Å². The number of hydrogen-bond donors (Lipinski definition) is 0. The fourth-order valence-electron chi connectivity index (χ4n) is 1.06. The van der Waals surface area contributed by atoms with Crippen molar-refractivity contribution in [3.8, 4) is 5.75 Å². The molecule has 16 heavy (non-hydrogen) atoms. The third-order valence-electron chi connectivity index (χ3n) is 1.78. The number of benzene rings is 1. The quantitative estimate of drug-likeness (QED) is 0.394. The lowest BCUT2D eigenvalue weighted by Crippen LogP contribution is -2.11. The van der Waals surface area contributed by atoms with E-state index in [1.54, 1.807) is 0 Å². The van der Waals surface area contributed by atoms with E-state index in [1.165, 1.54) is 0 Å². The average molecular weight is 335 g/mol. The molecule has 0 aliphatic rings. The van der Waals surface area contributed by atoms with Crippen molar-refractivity contribution in [2.45, 2.75) is 0 Å². The van der Waals surface area contributed by atoms with Crippen LogP contribution in [0.3, 0.4) is 0 Å². The van der Waals surface area contributed by atoms with E-state index in [0.29, 0.717) is 26.4 Å². The topological polar surface area (TPSA) is 27.7 Å². The smallest absolute Gasteiger partial charge is 0.119 e. The van der Waals surface area contributed by atoms with Crippen molar-refractivity contribution in [3.63, 3.8) is 0 Å². The van der Waals surface area contributed by atoms with Crippen LogP contribution < -0.4 is 4.74 Å². The molecule has 0 saturated carbocycles. The zero-order valence-corrected chi connectivity index (χ0v) is 11.3. The fourth-order valence-corrected chi connectivity index (χ4v) is 1.37. The van der Waals surface area contributed by atoms with E-state index in [2.05, 4.69) is 28.7 Å². The van der Waals surface area contributed by atoms with Crippen LogP contribution in [0, 0.1) is 6.07 Å². The van der Waals surface area contributed by atoms with Gasteiger partial charge in [-0.05, 0) is 18.2 Å². The number of hydrogen-bond acceptors (Lipinski definition) is 3. The molecule has 1 aromatic carbocycles. The molecule has 0 heterocycles. The standard InChI is InChI=1S/C12H16IO3/c13-6-7-14-8-9-15-10-11-16-12-4-2-1-3-5-12/h2-5H,6-11H2. The molecule has 0 saturated heterocycles. The van der Waals surface area contributed by atoms with Crippen molar-refractivity contribution in [1.29, 1.82) is 0 Å². The summed E-state index contributed by atoms with van der Waals surface area (Å²) >= 11 is 2.28. The summed E-state index contributed by atoms with van der Waals surface area (Å²) < 4.78 is 17.1. The van der Waals surface area contributed by atoms with E-state index in [1.807, 2.05) is 24.3 Å². The van der Waals surface area contributed by atoms with Crippen LogP contribution in [0.25, 0.3) is 0 Å². The Morgan fingerprint density at radius 1 is 0.938 bits per heavy atom. The van der Waals surface area contributed by atoms with Crippen LogP contribution in [0.1, 0.15) is 0 Å².